The van der Waals surface area contributed by atoms with Gasteiger partial charge in [0.1, 0.15) is 29.5 Å². The average Bonchev–Trinajstić information content (AvgIpc) is 2.86. The Kier molecular flexibility index (Phi) is 12.8. The third-order valence-electron chi connectivity index (χ3n) is 6.43. The molecule has 1 saturated heterocycles. The van der Waals surface area contributed by atoms with Crippen LogP contribution in [0.4, 0.5) is 0 Å². The molecule has 36 heavy (non-hydrogen) atoms. The van der Waals surface area contributed by atoms with E-state index in [2.05, 4.69) is 6.92 Å². The van der Waals surface area contributed by atoms with Gasteiger partial charge < -0.3 is 33.9 Å². The molecule has 1 heterocycles. The summed E-state index contributed by atoms with van der Waals surface area (Å²) in [4.78, 5) is 38.3. The number of esters is 3. The van der Waals surface area contributed by atoms with Gasteiger partial charge in [-0.25, -0.2) is 0 Å². The summed E-state index contributed by atoms with van der Waals surface area (Å²) in [5, 5.41) is 18.9. The minimum absolute atomic E-state index is 0.0817. The SMILES string of the molecule is CCCCCCCCOC(=O)C(C)(COC(=O)C(C)(CO)CO)COC(=O)C1(C)COC(C)(C)OC1. The van der Waals surface area contributed by atoms with Crippen LogP contribution in [0.1, 0.15) is 80.1 Å². The Bertz CT molecular complexity index is 706. The summed E-state index contributed by atoms with van der Waals surface area (Å²) in [6, 6.07) is 0. The maximum atomic E-state index is 13.0. The van der Waals surface area contributed by atoms with Crippen molar-refractivity contribution in [3.05, 3.63) is 0 Å². The van der Waals surface area contributed by atoms with E-state index >= 15 is 0 Å². The first-order valence-electron chi connectivity index (χ1n) is 12.8. The molecule has 0 amide bonds. The van der Waals surface area contributed by atoms with Crippen molar-refractivity contribution in [1.82, 2.24) is 0 Å². The second-order valence-corrected chi connectivity index (χ2v) is 11.0. The topological polar surface area (TPSA) is 138 Å². The maximum absolute atomic E-state index is 13.0. The minimum atomic E-state index is -1.53. The molecule has 2 N–H and O–H groups in total. The Morgan fingerprint density at radius 2 is 1.28 bits per heavy atom. The van der Waals surface area contributed by atoms with Crippen LogP contribution in [0.2, 0.25) is 0 Å². The van der Waals surface area contributed by atoms with E-state index in [0.717, 1.165) is 25.7 Å². The van der Waals surface area contributed by atoms with E-state index in [1.807, 2.05) is 0 Å². The molecule has 0 aromatic heterocycles. The predicted octanol–water partition coefficient (Wildman–Crippen LogP) is 2.76. The highest BCUT2D eigenvalue weighted by Crippen LogP contribution is 2.32. The number of carbonyl (C=O) groups excluding carboxylic acids is 3. The fourth-order valence-corrected chi connectivity index (χ4v) is 3.23. The van der Waals surface area contributed by atoms with Gasteiger partial charge in [0.2, 0.25) is 0 Å². The summed E-state index contributed by atoms with van der Waals surface area (Å²) >= 11 is 0. The molecule has 1 atom stereocenters. The number of carbonyl (C=O) groups is 3. The fraction of sp³-hybridized carbons (Fsp3) is 0.885. The van der Waals surface area contributed by atoms with Gasteiger partial charge in [0.05, 0.1) is 33.0 Å². The lowest BCUT2D eigenvalue weighted by Crippen LogP contribution is -2.51. The molecule has 0 aromatic rings. The normalized spacial score (nSPS) is 18.7. The van der Waals surface area contributed by atoms with Crippen molar-refractivity contribution in [2.45, 2.75) is 85.9 Å². The van der Waals surface area contributed by atoms with Gasteiger partial charge in [-0.2, -0.15) is 0 Å². The van der Waals surface area contributed by atoms with Crippen LogP contribution in [0.15, 0.2) is 0 Å². The smallest absolute Gasteiger partial charge is 0.318 e. The summed E-state index contributed by atoms with van der Waals surface area (Å²) in [5.41, 5.74) is -4.09. The minimum Gasteiger partial charge on any atom is -0.465 e. The van der Waals surface area contributed by atoms with Crippen LogP contribution in [0.3, 0.4) is 0 Å². The maximum Gasteiger partial charge on any atom is 0.318 e. The summed E-state index contributed by atoms with van der Waals surface area (Å²) in [6.07, 6.45) is 6.12. The second kappa shape index (κ2) is 14.3. The van der Waals surface area contributed by atoms with Crippen LogP contribution in [0.25, 0.3) is 0 Å². The summed E-state index contributed by atoms with van der Waals surface area (Å²) in [6.45, 7) is 8.33. The Hall–Kier alpha value is -1.75. The molecule has 0 saturated carbocycles. The van der Waals surface area contributed by atoms with Crippen molar-refractivity contribution in [3.63, 3.8) is 0 Å². The number of hydrogen-bond donors (Lipinski definition) is 2. The van der Waals surface area contributed by atoms with E-state index in [1.54, 1.807) is 20.8 Å². The first-order valence-corrected chi connectivity index (χ1v) is 12.8. The van der Waals surface area contributed by atoms with Crippen LogP contribution in [0.5, 0.6) is 0 Å². The van der Waals surface area contributed by atoms with E-state index in [0.29, 0.717) is 6.42 Å². The van der Waals surface area contributed by atoms with Gasteiger partial charge in [-0.15, -0.1) is 0 Å². The summed E-state index contributed by atoms with van der Waals surface area (Å²) in [5.74, 6) is -2.98. The van der Waals surface area contributed by atoms with Crippen molar-refractivity contribution in [2.24, 2.45) is 16.2 Å². The Morgan fingerprint density at radius 1 is 0.778 bits per heavy atom. The first-order chi connectivity index (χ1) is 16.8. The molecule has 10 heteroatoms. The quantitative estimate of drug-likeness (QED) is 0.178. The molecule has 1 unspecified atom stereocenters. The lowest BCUT2D eigenvalue weighted by molar-refractivity contribution is -0.281. The number of rotatable bonds is 16. The van der Waals surface area contributed by atoms with Crippen LogP contribution in [-0.2, 0) is 38.1 Å². The van der Waals surface area contributed by atoms with E-state index < -0.39 is 66.4 Å². The average molecular weight is 519 g/mol. The standard InChI is InChI=1S/C26H46O10/c1-7-8-9-10-11-12-13-32-21(30)25(5,16-33-20(29)24(4,14-27)15-28)17-34-22(31)26(6)18-35-23(2,3)36-19-26/h27-28H,7-19H2,1-6H3. The van der Waals surface area contributed by atoms with Crippen molar-refractivity contribution >= 4 is 17.9 Å². The van der Waals surface area contributed by atoms with Crippen molar-refractivity contribution in [1.29, 1.82) is 0 Å². The van der Waals surface area contributed by atoms with Crippen LogP contribution >= 0.6 is 0 Å². The van der Waals surface area contributed by atoms with E-state index in [-0.39, 0.29) is 19.8 Å². The third-order valence-corrected chi connectivity index (χ3v) is 6.43. The van der Waals surface area contributed by atoms with E-state index in [4.69, 9.17) is 23.7 Å². The molecular weight excluding hydrogens is 472 g/mol. The van der Waals surface area contributed by atoms with Gasteiger partial charge in [-0.05, 0) is 41.0 Å². The molecule has 1 aliphatic rings. The predicted molar refractivity (Wildman–Crippen MR) is 131 cm³/mol. The number of hydrogen-bond acceptors (Lipinski definition) is 10. The van der Waals surface area contributed by atoms with Gasteiger partial charge >= 0.3 is 17.9 Å². The van der Waals surface area contributed by atoms with Crippen LogP contribution in [0, 0.1) is 16.2 Å². The highest BCUT2D eigenvalue weighted by molar-refractivity contribution is 5.81. The molecule has 1 fully saturated rings. The molecule has 0 bridgehead atoms. The third kappa shape index (κ3) is 9.61. The Labute approximate surface area is 214 Å². The Morgan fingerprint density at radius 3 is 1.83 bits per heavy atom. The summed E-state index contributed by atoms with van der Waals surface area (Å²) in [7, 11) is 0. The number of aliphatic hydroxyl groups is 2. The first kappa shape index (κ1) is 32.3. The zero-order valence-corrected chi connectivity index (χ0v) is 22.9. The van der Waals surface area contributed by atoms with Crippen LogP contribution < -0.4 is 0 Å². The highest BCUT2D eigenvalue weighted by atomic mass is 16.7. The number of ether oxygens (including phenoxy) is 5. The summed E-state index contributed by atoms with van der Waals surface area (Å²) < 4.78 is 27.4. The lowest BCUT2D eigenvalue weighted by atomic mass is 9.90. The molecular formula is C26H46O10. The van der Waals surface area contributed by atoms with Gasteiger partial charge in [0.25, 0.3) is 0 Å². The fourth-order valence-electron chi connectivity index (χ4n) is 3.23. The van der Waals surface area contributed by atoms with Crippen molar-refractivity contribution in [2.75, 3.05) is 46.2 Å². The number of unbranched alkanes of at least 4 members (excludes halogenated alkanes) is 5. The van der Waals surface area contributed by atoms with E-state index in [9.17, 15) is 24.6 Å². The molecule has 10 nitrogen and oxygen atoms in total. The molecule has 210 valence electrons. The van der Waals surface area contributed by atoms with Crippen molar-refractivity contribution < 1.29 is 48.3 Å². The molecule has 0 radical (unpaired) electrons. The molecule has 1 rings (SSSR count). The van der Waals surface area contributed by atoms with Gasteiger partial charge in [-0.3, -0.25) is 14.4 Å². The van der Waals surface area contributed by atoms with Crippen LogP contribution in [-0.4, -0.2) is 80.2 Å². The van der Waals surface area contributed by atoms with Gasteiger partial charge in [0, 0.05) is 0 Å². The largest absolute Gasteiger partial charge is 0.465 e. The highest BCUT2D eigenvalue weighted by Gasteiger charge is 2.46. The molecule has 0 aromatic carbocycles. The zero-order valence-electron chi connectivity index (χ0n) is 22.9. The van der Waals surface area contributed by atoms with Gasteiger partial charge in [0.15, 0.2) is 5.79 Å². The molecule has 0 aliphatic carbocycles. The number of aliphatic hydroxyl groups excluding tert-OH is 2. The zero-order chi connectivity index (χ0) is 27.5. The molecule has 1 aliphatic heterocycles. The van der Waals surface area contributed by atoms with Gasteiger partial charge in [-0.1, -0.05) is 39.0 Å². The monoisotopic (exact) mass is 518 g/mol. The molecule has 0 spiro atoms. The second-order valence-electron chi connectivity index (χ2n) is 11.0. The Balaban J connectivity index is 2.81. The lowest BCUT2D eigenvalue weighted by Gasteiger charge is -2.40. The van der Waals surface area contributed by atoms with Crippen molar-refractivity contribution in [3.8, 4) is 0 Å². The van der Waals surface area contributed by atoms with E-state index in [1.165, 1.54) is 20.3 Å².